The highest BCUT2D eigenvalue weighted by Crippen LogP contribution is 2.33. The van der Waals surface area contributed by atoms with Gasteiger partial charge in [0.15, 0.2) is 0 Å². The van der Waals surface area contributed by atoms with Crippen LogP contribution in [0.1, 0.15) is 10.4 Å². The molecule has 0 fully saturated rings. The van der Waals surface area contributed by atoms with Crippen molar-refractivity contribution < 1.29 is 21.6 Å². The Hall–Kier alpha value is -2.89. The van der Waals surface area contributed by atoms with Gasteiger partial charge in [-0.05, 0) is 54.6 Å². The van der Waals surface area contributed by atoms with E-state index in [1.165, 1.54) is 62.6 Å². The van der Waals surface area contributed by atoms with E-state index in [-0.39, 0.29) is 37.6 Å². The summed E-state index contributed by atoms with van der Waals surface area (Å²) in [6.45, 7) is 3.54. The Bertz CT molecular complexity index is 1510. The van der Waals surface area contributed by atoms with Crippen LogP contribution in [-0.4, -0.2) is 47.7 Å². The van der Waals surface area contributed by atoms with E-state index >= 15 is 0 Å². The molecule has 0 saturated carbocycles. The van der Waals surface area contributed by atoms with Gasteiger partial charge in [0.25, 0.3) is 15.9 Å². The van der Waals surface area contributed by atoms with E-state index in [1.807, 2.05) is 0 Å². The van der Waals surface area contributed by atoms with Crippen LogP contribution in [-0.2, 0) is 20.0 Å². The normalized spacial score (nSPS) is 11.8. The maximum absolute atomic E-state index is 13.6. The van der Waals surface area contributed by atoms with Gasteiger partial charge in [0.05, 0.1) is 27.2 Å². The van der Waals surface area contributed by atoms with Crippen LogP contribution in [0.2, 0.25) is 10.0 Å². The summed E-state index contributed by atoms with van der Waals surface area (Å²) in [6, 6.07) is 15.9. The van der Waals surface area contributed by atoms with Gasteiger partial charge in [-0.25, -0.2) is 21.1 Å². The van der Waals surface area contributed by atoms with Crippen molar-refractivity contribution in [3.8, 4) is 0 Å². The largest absolute Gasteiger partial charge is 0.322 e. The molecule has 3 rings (SSSR count). The lowest BCUT2D eigenvalue weighted by Gasteiger charge is -2.24. The highest BCUT2D eigenvalue weighted by molar-refractivity contribution is 7.93. The van der Waals surface area contributed by atoms with Gasteiger partial charge < -0.3 is 5.32 Å². The second-order valence-corrected chi connectivity index (χ2v) is 12.5. The summed E-state index contributed by atoms with van der Waals surface area (Å²) in [5.41, 5.74) is 0.583. The minimum absolute atomic E-state index is 0.0284. The summed E-state index contributed by atoms with van der Waals surface area (Å²) >= 11 is 12.5. The van der Waals surface area contributed by atoms with E-state index in [0.717, 1.165) is 8.61 Å². The third-order valence-electron chi connectivity index (χ3n) is 5.07. The number of hydrogen-bond donors (Lipinski definition) is 1. The molecule has 0 aliphatic carbocycles. The van der Waals surface area contributed by atoms with Crippen LogP contribution < -0.4 is 9.62 Å². The summed E-state index contributed by atoms with van der Waals surface area (Å²) in [5, 5.41) is 2.76. The molecular formula is C24H23Cl2N3O5S2. The van der Waals surface area contributed by atoms with Crippen molar-refractivity contribution in [3.05, 3.63) is 95.0 Å². The maximum Gasteiger partial charge on any atom is 0.266 e. The Morgan fingerprint density at radius 3 is 2.14 bits per heavy atom. The molecule has 0 radical (unpaired) electrons. The first-order valence-corrected chi connectivity index (χ1v) is 14.0. The van der Waals surface area contributed by atoms with E-state index < -0.39 is 26.0 Å². The molecule has 0 aliphatic heterocycles. The first-order valence-electron chi connectivity index (χ1n) is 10.4. The summed E-state index contributed by atoms with van der Waals surface area (Å²) in [4.78, 5) is 12.7. The van der Waals surface area contributed by atoms with Gasteiger partial charge in [-0.2, -0.15) is 0 Å². The monoisotopic (exact) mass is 567 g/mol. The first-order chi connectivity index (χ1) is 16.9. The number of carbonyl (C=O) groups excluding carboxylic acids is 1. The minimum atomic E-state index is -4.23. The fourth-order valence-corrected chi connectivity index (χ4v) is 6.33. The molecule has 0 saturated heterocycles. The van der Waals surface area contributed by atoms with E-state index in [2.05, 4.69) is 11.9 Å². The summed E-state index contributed by atoms with van der Waals surface area (Å²) in [6.07, 6.45) is 1.41. The lowest BCUT2D eigenvalue weighted by Crippen LogP contribution is -2.32. The predicted molar refractivity (Wildman–Crippen MR) is 143 cm³/mol. The Labute approximate surface area is 220 Å². The van der Waals surface area contributed by atoms with E-state index in [1.54, 1.807) is 24.3 Å². The zero-order valence-electron chi connectivity index (χ0n) is 19.4. The minimum Gasteiger partial charge on any atom is -0.322 e. The number of benzene rings is 3. The second kappa shape index (κ2) is 11.0. The van der Waals surface area contributed by atoms with Gasteiger partial charge in [0, 0.05) is 25.3 Å². The number of para-hydroxylation sites is 1. The first kappa shape index (κ1) is 27.7. The van der Waals surface area contributed by atoms with Crippen LogP contribution in [0.4, 0.5) is 11.4 Å². The molecule has 0 aromatic heterocycles. The fourth-order valence-electron chi connectivity index (χ4n) is 3.18. The molecule has 190 valence electrons. The summed E-state index contributed by atoms with van der Waals surface area (Å²) in [5.74, 6) is -0.612. The average Bonchev–Trinajstić information content (AvgIpc) is 2.83. The van der Waals surface area contributed by atoms with Gasteiger partial charge in [-0.15, -0.1) is 6.58 Å². The molecule has 0 heterocycles. The molecule has 3 aromatic rings. The number of sulfonamides is 2. The summed E-state index contributed by atoms with van der Waals surface area (Å²) in [7, 11) is -5.02. The van der Waals surface area contributed by atoms with Crippen molar-refractivity contribution in [2.24, 2.45) is 0 Å². The molecule has 1 N–H and O–H groups in total. The Morgan fingerprint density at radius 2 is 1.56 bits per heavy atom. The Balaban J connectivity index is 1.94. The van der Waals surface area contributed by atoms with Gasteiger partial charge in [-0.1, -0.05) is 41.4 Å². The molecule has 0 spiro atoms. The Kier molecular flexibility index (Phi) is 8.48. The standard InChI is InChI=1S/C24H23Cl2N3O5S2/c1-4-15-29(22-8-6-5-7-20(22)25)36(33,34)23-16-17(9-14-21(23)26)24(30)27-18-10-12-19(13-11-18)35(31,32)28(2)3/h4-14,16H,1,15H2,2-3H3,(H,27,30). The fraction of sp³-hybridized carbons (Fsp3) is 0.125. The molecule has 0 bridgehead atoms. The van der Waals surface area contributed by atoms with Crippen LogP contribution in [0.15, 0.2) is 89.2 Å². The number of halogens is 2. The number of hydrogen-bond acceptors (Lipinski definition) is 5. The lowest BCUT2D eigenvalue weighted by molar-refractivity contribution is 0.102. The van der Waals surface area contributed by atoms with Crippen molar-refractivity contribution in [2.75, 3.05) is 30.3 Å². The molecule has 0 aliphatic rings. The SMILES string of the molecule is C=CCN(c1ccccc1Cl)S(=O)(=O)c1cc(C(=O)Nc2ccc(S(=O)(=O)N(C)C)cc2)ccc1Cl. The van der Waals surface area contributed by atoms with Crippen LogP contribution in [0.3, 0.4) is 0 Å². The lowest BCUT2D eigenvalue weighted by atomic mass is 10.2. The number of nitrogens with zero attached hydrogens (tertiary/aromatic N) is 2. The smallest absolute Gasteiger partial charge is 0.266 e. The van der Waals surface area contributed by atoms with Gasteiger partial charge in [0.1, 0.15) is 4.90 Å². The molecule has 0 atom stereocenters. The zero-order chi connectivity index (χ0) is 26.7. The van der Waals surface area contributed by atoms with Gasteiger partial charge in [-0.3, -0.25) is 9.10 Å². The van der Waals surface area contributed by atoms with E-state index in [0.29, 0.717) is 5.69 Å². The van der Waals surface area contributed by atoms with Crippen molar-refractivity contribution in [1.82, 2.24) is 4.31 Å². The highest BCUT2D eigenvalue weighted by Gasteiger charge is 2.29. The maximum atomic E-state index is 13.6. The van der Waals surface area contributed by atoms with E-state index in [9.17, 15) is 21.6 Å². The third-order valence-corrected chi connectivity index (χ3v) is 9.48. The molecule has 3 aromatic carbocycles. The molecule has 8 nitrogen and oxygen atoms in total. The van der Waals surface area contributed by atoms with Gasteiger partial charge in [0.2, 0.25) is 10.0 Å². The van der Waals surface area contributed by atoms with Crippen LogP contribution in [0.5, 0.6) is 0 Å². The number of anilines is 2. The van der Waals surface area contributed by atoms with Crippen molar-refractivity contribution in [2.45, 2.75) is 9.79 Å². The number of nitrogens with one attached hydrogen (secondary N) is 1. The topological polar surface area (TPSA) is 104 Å². The highest BCUT2D eigenvalue weighted by atomic mass is 35.5. The quantitative estimate of drug-likeness (QED) is 0.371. The number of rotatable bonds is 9. The number of amides is 1. The van der Waals surface area contributed by atoms with Crippen LogP contribution >= 0.6 is 23.2 Å². The summed E-state index contributed by atoms with van der Waals surface area (Å²) < 4.78 is 53.7. The molecule has 12 heteroatoms. The third kappa shape index (κ3) is 5.74. The molecular weight excluding hydrogens is 545 g/mol. The van der Waals surface area contributed by atoms with E-state index in [4.69, 9.17) is 23.2 Å². The second-order valence-electron chi connectivity index (χ2n) is 7.69. The molecule has 0 unspecified atom stereocenters. The van der Waals surface area contributed by atoms with Crippen molar-refractivity contribution in [3.63, 3.8) is 0 Å². The average molecular weight is 569 g/mol. The molecule has 1 amide bonds. The predicted octanol–water partition coefficient (Wildman–Crippen LogP) is 4.88. The van der Waals surface area contributed by atoms with Crippen molar-refractivity contribution in [1.29, 1.82) is 0 Å². The zero-order valence-corrected chi connectivity index (χ0v) is 22.5. The number of carbonyl (C=O) groups is 1. The van der Waals surface area contributed by atoms with Crippen molar-refractivity contribution >= 4 is 60.5 Å². The molecule has 36 heavy (non-hydrogen) atoms. The Morgan fingerprint density at radius 1 is 0.917 bits per heavy atom. The van der Waals surface area contributed by atoms with Crippen LogP contribution in [0, 0.1) is 0 Å². The van der Waals surface area contributed by atoms with Crippen LogP contribution in [0.25, 0.3) is 0 Å². The van der Waals surface area contributed by atoms with Gasteiger partial charge >= 0.3 is 0 Å².